The number of carbonyl (C=O) groups excluding carboxylic acids is 1. The predicted molar refractivity (Wildman–Crippen MR) is 64.3 cm³/mol. The molecular weight excluding hydrogens is 204 g/mol. The summed E-state index contributed by atoms with van der Waals surface area (Å²) in [6, 6.07) is 0. The number of ether oxygens (including phenoxy) is 1. The van der Waals surface area contributed by atoms with E-state index in [2.05, 4.69) is 10.6 Å². The van der Waals surface area contributed by atoms with Crippen LogP contribution in [0.5, 0.6) is 0 Å². The maximum Gasteiger partial charge on any atom is 0.223 e. The van der Waals surface area contributed by atoms with Gasteiger partial charge in [0, 0.05) is 32.7 Å². The Morgan fingerprint density at radius 1 is 1.19 bits per heavy atom. The van der Waals surface area contributed by atoms with Crippen LogP contribution in [0.15, 0.2) is 0 Å². The van der Waals surface area contributed by atoms with Crippen molar-refractivity contribution >= 4 is 5.91 Å². The first-order chi connectivity index (χ1) is 7.84. The van der Waals surface area contributed by atoms with Crippen LogP contribution < -0.4 is 10.6 Å². The summed E-state index contributed by atoms with van der Waals surface area (Å²) < 4.78 is 4.91. The van der Waals surface area contributed by atoms with Gasteiger partial charge in [0.1, 0.15) is 0 Å². The van der Waals surface area contributed by atoms with Gasteiger partial charge in [-0.3, -0.25) is 4.79 Å². The Morgan fingerprint density at radius 3 is 2.62 bits per heavy atom. The van der Waals surface area contributed by atoms with Gasteiger partial charge in [0.25, 0.3) is 0 Å². The van der Waals surface area contributed by atoms with Crippen LogP contribution in [0.2, 0.25) is 0 Å². The van der Waals surface area contributed by atoms with Gasteiger partial charge in [0.2, 0.25) is 5.91 Å². The molecule has 4 nitrogen and oxygen atoms in total. The lowest BCUT2D eigenvalue weighted by Crippen LogP contribution is -2.37. The maximum atomic E-state index is 11.7. The standard InChI is InChI=1S/C12H24N2O2/c1-16-10-9-13-7-8-14-12(15)11-5-3-2-4-6-11/h11,13H,2-10H2,1H3,(H,14,15). The van der Waals surface area contributed by atoms with E-state index in [9.17, 15) is 4.79 Å². The molecule has 1 amide bonds. The molecule has 0 saturated heterocycles. The van der Waals surface area contributed by atoms with Crippen LogP contribution in [0.4, 0.5) is 0 Å². The predicted octanol–water partition coefficient (Wildman–Crippen LogP) is 0.919. The van der Waals surface area contributed by atoms with Crippen molar-refractivity contribution in [2.75, 3.05) is 33.4 Å². The van der Waals surface area contributed by atoms with E-state index in [1.54, 1.807) is 7.11 Å². The molecule has 0 bridgehead atoms. The topological polar surface area (TPSA) is 50.4 Å². The third-order valence-corrected chi connectivity index (χ3v) is 3.06. The Balaban J connectivity index is 1.97. The number of nitrogens with one attached hydrogen (secondary N) is 2. The van der Waals surface area contributed by atoms with Crippen LogP contribution in [-0.2, 0) is 9.53 Å². The van der Waals surface area contributed by atoms with E-state index < -0.39 is 0 Å². The van der Waals surface area contributed by atoms with Crippen LogP contribution in [0.25, 0.3) is 0 Å². The fraction of sp³-hybridized carbons (Fsp3) is 0.917. The average Bonchev–Trinajstić information content (AvgIpc) is 2.34. The highest BCUT2D eigenvalue weighted by Crippen LogP contribution is 2.23. The minimum Gasteiger partial charge on any atom is -0.383 e. The summed E-state index contributed by atoms with van der Waals surface area (Å²) >= 11 is 0. The zero-order valence-electron chi connectivity index (χ0n) is 10.3. The normalized spacial score (nSPS) is 17.3. The molecule has 1 rings (SSSR count). The van der Waals surface area contributed by atoms with Crippen LogP contribution in [-0.4, -0.2) is 39.3 Å². The van der Waals surface area contributed by atoms with Crippen molar-refractivity contribution in [1.82, 2.24) is 10.6 Å². The molecule has 0 aliphatic heterocycles. The first-order valence-corrected chi connectivity index (χ1v) is 6.32. The highest BCUT2D eigenvalue weighted by molar-refractivity contribution is 5.78. The zero-order valence-corrected chi connectivity index (χ0v) is 10.3. The molecule has 0 spiro atoms. The molecule has 0 radical (unpaired) electrons. The molecule has 16 heavy (non-hydrogen) atoms. The molecule has 1 fully saturated rings. The number of amides is 1. The first kappa shape index (κ1) is 13.5. The molecule has 0 aromatic heterocycles. The molecule has 94 valence electrons. The largest absolute Gasteiger partial charge is 0.383 e. The van der Waals surface area contributed by atoms with Crippen molar-refractivity contribution in [2.24, 2.45) is 5.92 Å². The molecule has 1 aliphatic carbocycles. The number of hydrogen-bond donors (Lipinski definition) is 2. The van der Waals surface area contributed by atoms with Crippen LogP contribution in [0.1, 0.15) is 32.1 Å². The summed E-state index contributed by atoms with van der Waals surface area (Å²) in [5.41, 5.74) is 0. The molecule has 0 aromatic carbocycles. The van der Waals surface area contributed by atoms with Crippen LogP contribution in [0.3, 0.4) is 0 Å². The molecule has 0 heterocycles. The van der Waals surface area contributed by atoms with Gasteiger partial charge < -0.3 is 15.4 Å². The fourth-order valence-electron chi connectivity index (χ4n) is 2.08. The SMILES string of the molecule is COCCNCCNC(=O)C1CCCCC1. The van der Waals surface area contributed by atoms with E-state index in [0.717, 1.165) is 39.1 Å². The smallest absolute Gasteiger partial charge is 0.223 e. The van der Waals surface area contributed by atoms with Gasteiger partial charge >= 0.3 is 0 Å². The number of carbonyl (C=O) groups is 1. The van der Waals surface area contributed by atoms with Gasteiger partial charge in [-0.1, -0.05) is 19.3 Å². The molecule has 0 atom stereocenters. The summed E-state index contributed by atoms with van der Waals surface area (Å²) in [6.45, 7) is 3.10. The second-order valence-electron chi connectivity index (χ2n) is 4.37. The van der Waals surface area contributed by atoms with E-state index in [1.165, 1.54) is 19.3 Å². The zero-order chi connectivity index (χ0) is 11.6. The van der Waals surface area contributed by atoms with E-state index in [1.807, 2.05) is 0 Å². The number of hydrogen-bond acceptors (Lipinski definition) is 3. The van der Waals surface area contributed by atoms with E-state index in [-0.39, 0.29) is 11.8 Å². The van der Waals surface area contributed by atoms with E-state index in [4.69, 9.17) is 4.74 Å². The Bertz CT molecular complexity index is 191. The lowest BCUT2D eigenvalue weighted by molar-refractivity contribution is -0.125. The lowest BCUT2D eigenvalue weighted by atomic mass is 9.89. The van der Waals surface area contributed by atoms with Crippen molar-refractivity contribution in [1.29, 1.82) is 0 Å². The molecule has 2 N–H and O–H groups in total. The summed E-state index contributed by atoms with van der Waals surface area (Å²) in [4.78, 5) is 11.7. The summed E-state index contributed by atoms with van der Waals surface area (Å²) in [7, 11) is 1.69. The van der Waals surface area contributed by atoms with Crippen molar-refractivity contribution in [3.63, 3.8) is 0 Å². The van der Waals surface area contributed by atoms with Crippen molar-refractivity contribution in [2.45, 2.75) is 32.1 Å². The third kappa shape index (κ3) is 5.47. The Kier molecular flexibility index (Phi) is 7.17. The van der Waals surface area contributed by atoms with E-state index >= 15 is 0 Å². The van der Waals surface area contributed by atoms with E-state index in [0.29, 0.717) is 0 Å². The Labute approximate surface area is 98.1 Å². The second-order valence-corrected chi connectivity index (χ2v) is 4.37. The molecular formula is C12H24N2O2. The van der Waals surface area contributed by atoms with Gasteiger partial charge in [-0.25, -0.2) is 0 Å². The highest BCUT2D eigenvalue weighted by atomic mass is 16.5. The Morgan fingerprint density at radius 2 is 1.94 bits per heavy atom. The van der Waals surface area contributed by atoms with Gasteiger partial charge in [-0.05, 0) is 12.8 Å². The molecule has 4 heteroatoms. The highest BCUT2D eigenvalue weighted by Gasteiger charge is 2.20. The minimum atomic E-state index is 0.244. The molecule has 1 aliphatic rings. The monoisotopic (exact) mass is 228 g/mol. The number of methoxy groups -OCH3 is 1. The second kappa shape index (κ2) is 8.53. The van der Waals surface area contributed by atoms with Gasteiger partial charge in [-0.2, -0.15) is 0 Å². The van der Waals surface area contributed by atoms with Crippen LogP contribution >= 0.6 is 0 Å². The van der Waals surface area contributed by atoms with Crippen LogP contribution in [0, 0.1) is 5.92 Å². The third-order valence-electron chi connectivity index (χ3n) is 3.06. The van der Waals surface area contributed by atoms with Crippen molar-refractivity contribution < 1.29 is 9.53 Å². The summed E-state index contributed by atoms with van der Waals surface area (Å²) in [6.07, 6.45) is 5.86. The fourth-order valence-corrected chi connectivity index (χ4v) is 2.08. The maximum absolute atomic E-state index is 11.7. The number of rotatable bonds is 7. The quantitative estimate of drug-likeness (QED) is 0.637. The first-order valence-electron chi connectivity index (χ1n) is 6.32. The molecule has 0 aromatic rings. The van der Waals surface area contributed by atoms with Gasteiger partial charge in [0.15, 0.2) is 0 Å². The van der Waals surface area contributed by atoms with Crippen molar-refractivity contribution in [3.8, 4) is 0 Å². The molecule has 0 unspecified atom stereocenters. The lowest BCUT2D eigenvalue weighted by Gasteiger charge is -2.20. The van der Waals surface area contributed by atoms with Gasteiger partial charge in [-0.15, -0.1) is 0 Å². The minimum absolute atomic E-state index is 0.244. The Hall–Kier alpha value is -0.610. The molecule has 1 saturated carbocycles. The average molecular weight is 228 g/mol. The summed E-state index contributed by atoms with van der Waals surface area (Å²) in [5, 5.41) is 6.19. The summed E-state index contributed by atoms with van der Waals surface area (Å²) in [5.74, 6) is 0.515. The van der Waals surface area contributed by atoms with Crippen molar-refractivity contribution in [3.05, 3.63) is 0 Å². The van der Waals surface area contributed by atoms with Gasteiger partial charge in [0.05, 0.1) is 6.61 Å².